The van der Waals surface area contributed by atoms with Crippen LogP contribution in [0.1, 0.15) is 36.5 Å². The zero-order valence-electron chi connectivity index (χ0n) is 14.1. The molecule has 1 saturated heterocycles. The number of imide groups is 1. The fraction of sp³-hybridized carbons (Fsp3) is 0.200. The molecule has 4 nitrogen and oxygen atoms in total. The molecule has 0 bridgehead atoms. The van der Waals surface area contributed by atoms with Crippen molar-refractivity contribution < 1.29 is 14.0 Å². The topological polar surface area (TPSA) is 49.4 Å². The zero-order valence-corrected chi connectivity index (χ0v) is 14.1. The van der Waals surface area contributed by atoms with Gasteiger partial charge in [-0.2, -0.15) is 0 Å². The maximum atomic E-state index is 13.0. The number of carbonyl (C=O) groups excluding carboxylic acids is 2. The average molecular weight is 338 g/mol. The van der Waals surface area contributed by atoms with Crippen LogP contribution in [-0.2, 0) is 11.3 Å². The van der Waals surface area contributed by atoms with E-state index in [1.54, 1.807) is 18.2 Å². The first kappa shape index (κ1) is 16.9. The van der Waals surface area contributed by atoms with E-state index in [1.165, 1.54) is 17.7 Å². The molecule has 128 valence electrons. The van der Waals surface area contributed by atoms with Crippen molar-refractivity contribution in [2.45, 2.75) is 26.3 Å². The van der Waals surface area contributed by atoms with Crippen LogP contribution in [0, 0.1) is 5.82 Å². The van der Waals surface area contributed by atoms with Gasteiger partial charge in [-0.25, -0.2) is 9.18 Å². The van der Waals surface area contributed by atoms with E-state index in [0.717, 1.165) is 10.5 Å². The molecule has 3 rings (SSSR count). The molecular weight excluding hydrogens is 319 g/mol. The lowest BCUT2D eigenvalue weighted by Crippen LogP contribution is -2.30. The van der Waals surface area contributed by atoms with Crippen LogP contribution in [0.4, 0.5) is 9.18 Å². The quantitative estimate of drug-likeness (QED) is 0.675. The van der Waals surface area contributed by atoms with Crippen LogP contribution in [0.3, 0.4) is 0 Å². The molecule has 5 heteroatoms. The van der Waals surface area contributed by atoms with Crippen LogP contribution in [0.5, 0.6) is 0 Å². The summed E-state index contributed by atoms with van der Waals surface area (Å²) in [5.41, 5.74) is 2.98. The van der Waals surface area contributed by atoms with E-state index in [4.69, 9.17) is 0 Å². The van der Waals surface area contributed by atoms with E-state index >= 15 is 0 Å². The van der Waals surface area contributed by atoms with Gasteiger partial charge in [-0.3, -0.25) is 9.69 Å². The van der Waals surface area contributed by atoms with Crippen LogP contribution in [0.15, 0.2) is 54.2 Å². The Morgan fingerprint density at radius 2 is 1.68 bits per heavy atom. The Labute approximate surface area is 146 Å². The Bertz CT molecular complexity index is 824. The molecule has 0 radical (unpaired) electrons. The third-order valence-electron chi connectivity index (χ3n) is 4.13. The molecular formula is C20H19FN2O2. The van der Waals surface area contributed by atoms with Gasteiger partial charge in [0.25, 0.3) is 5.91 Å². The van der Waals surface area contributed by atoms with Gasteiger partial charge in [0.05, 0.1) is 6.54 Å². The first-order chi connectivity index (χ1) is 11.9. The highest BCUT2D eigenvalue weighted by molar-refractivity contribution is 6.13. The average Bonchev–Trinajstić information content (AvgIpc) is 2.85. The van der Waals surface area contributed by atoms with Crippen molar-refractivity contribution in [3.05, 3.63) is 76.7 Å². The number of urea groups is 1. The fourth-order valence-electron chi connectivity index (χ4n) is 2.63. The van der Waals surface area contributed by atoms with Crippen LogP contribution in [0.25, 0.3) is 6.08 Å². The molecule has 1 aliphatic rings. The molecule has 2 aromatic carbocycles. The summed E-state index contributed by atoms with van der Waals surface area (Å²) >= 11 is 0. The van der Waals surface area contributed by atoms with E-state index in [0.29, 0.717) is 11.5 Å². The van der Waals surface area contributed by atoms with Gasteiger partial charge in [0, 0.05) is 0 Å². The third-order valence-corrected chi connectivity index (χ3v) is 4.13. The number of rotatable bonds is 4. The number of hydrogen-bond acceptors (Lipinski definition) is 2. The Morgan fingerprint density at radius 3 is 2.28 bits per heavy atom. The van der Waals surface area contributed by atoms with Gasteiger partial charge in [-0.05, 0) is 40.8 Å². The third kappa shape index (κ3) is 3.76. The first-order valence-electron chi connectivity index (χ1n) is 8.13. The Morgan fingerprint density at radius 1 is 1.04 bits per heavy atom. The highest BCUT2D eigenvalue weighted by Crippen LogP contribution is 2.19. The molecule has 0 aliphatic carbocycles. The van der Waals surface area contributed by atoms with Crippen molar-refractivity contribution >= 4 is 18.0 Å². The standard InChI is InChI=1S/C20H19FN2O2/c1-13(2)16-7-3-14(4-8-16)11-18-19(24)23(20(25)22-18)12-15-5-9-17(21)10-6-15/h3-11,13H,12H2,1-2H3,(H,22,25)/b18-11-. The highest BCUT2D eigenvalue weighted by Gasteiger charge is 2.33. The molecule has 2 aromatic rings. The summed E-state index contributed by atoms with van der Waals surface area (Å²) in [6, 6.07) is 13.1. The van der Waals surface area contributed by atoms with Crippen LogP contribution in [0.2, 0.25) is 0 Å². The summed E-state index contributed by atoms with van der Waals surface area (Å²) < 4.78 is 13.0. The summed E-state index contributed by atoms with van der Waals surface area (Å²) in [6.07, 6.45) is 1.66. The van der Waals surface area contributed by atoms with Gasteiger partial charge in [0.2, 0.25) is 0 Å². The summed E-state index contributed by atoms with van der Waals surface area (Å²) in [5.74, 6) is -0.311. The predicted molar refractivity (Wildman–Crippen MR) is 94.0 cm³/mol. The molecule has 0 unspecified atom stereocenters. The normalized spacial score (nSPS) is 16.0. The lowest BCUT2D eigenvalue weighted by Gasteiger charge is -2.11. The Kier molecular flexibility index (Phi) is 4.65. The number of carbonyl (C=O) groups is 2. The molecule has 1 fully saturated rings. The van der Waals surface area contributed by atoms with E-state index in [2.05, 4.69) is 19.2 Å². The smallest absolute Gasteiger partial charge is 0.303 e. The lowest BCUT2D eigenvalue weighted by molar-refractivity contribution is -0.123. The summed E-state index contributed by atoms with van der Waals surface area (Å²) in [5, 5.41) is 2.60. The fourth-order valence-corrected chi connectivity index (χ4v) is 2.63. The van der Waals surface area contributed by atoms with Crippen molar-refractivity contribution in [3.63, 3.8) is 0 Å². The van der Waals surface area contributed by atoms with Crippen LogP contribution >= 0.6 is 0 Å². The second kappa shape index (κ2) is 6.89. The monoisotopic (exact) mass is 338 g/mol. The predicted octanol–water partition coefficient (Wildman–Crippen LogP) is 4.04. The van der Waals surface area contributed by atoms with Crippen molar-refractivity contribution in [1.29, 1.82) is 0 Å². The second-order valence-electron chi connectivity index (χ2n) is 6.33. The molecule has 0 atom stereocenters. The molecule has 3 amide bonds. The van der Waals surface area contributed by atoms with E-state index < -0.39 is 6.03 Å². The maximum Gasteiger partial charge on any atom is 0.329 e. The molecule has 1 aliphatic heterocycles. The van der Waals surface area contributed by atoms with Gasteiger partial charge in [-0.1, -0.05) is 50.2 Å². The number of hydrogen-bond donors (Lipinski definition) is 1. The largest absolute Gasteiger partial charge is 0.329 e. The molecule has 1 N–H and O–H groups in total. The number of nitrogens with zero attached hydrogens (tertiary/aromatic N) is 1. The van der Waals surface area contributed by atoms with Gasteiger partial charge in [-0.15, -0.1) is 0 Å². The highest BCUT2D eigenvalue weighted by atomic mass is 19.1. The minimum Gasteiger partial charge on any atom is -0.303 e. The Hall–Kier alpha value is -2.95. The lowest BCUT2D eigenvalue weighted by atomic mass is 10.0. The molecule has 0 aromatic heterocycles. The van der Waals surface area contributed by atoms with E-state index in [1.807, 2.05) is 24.3 Å². The summed E-state index contributed by atoms with van der Waals surface area (Å²) in [6.45, 7) is 4.33. The van der Waals surface area contributed by atoms with Gasteiger partial charge in [0.1, 0.15) is 11.5 Å². The number of halogens is 1. The van der Waals surface area contributed by atoms with Gasteiger partial charge in [0.15, 0.2) is 0 Å². The number of benzene rings is 2. The minimum atomic E-state index is -0.473. The van der Waals surface area contributed by atoms with Crippen LogP contribution < -0.4 is 5.32 Å². The first-order valence-corrected chi connectivity index (χ1v) is 8.13. The van der Waals surface area contributed by atoms with E-state index in [-0.39, 0.29) is 24.0 Å². The SMILES string of the molecule is CC(C)c1ccc(/C=C2\NC(=O)N(Cc3ccc(F)cc3)C2=O)cc1. The Balaban J connectivity index is 1.77. The molecule has 0 spiro atoms. The van der Waals surface area contributed by atoms with Crippen molar-refractivity contribution in [2.24, 2.45) is 0 Å². The summed E-state index contributed by atoms with van der Waals surface area (Å²) in [4.78, 5) is 25.7. The van der Waals surface area contributed by atoms with Crippen molar-refractivity contribution in [2.75, 3.05) is 0 Å². The molecule has 0 saturated carbocycles. The van der Waals surface area contributed by atoms with E-state index in [9.17, 15) is 14.0 Å². The van der Waals surface area contributed by atoms with Gasteiger partial charge >= 0.3 is 6.03 Å². The maximum absolute atomic E-state index is 13.0. The van der Waals surface area contributed by atoms with Gasteiger partial charge < -0.3 is 5.32 Å². The number of nitrogens with one attached hydrogen (secondary N) is 1. The van der Waals surface area contributed by atoms with Crippen LogP contribution in [-0.4, -0.2) is 16.8 Å². The molecule has 1 heterocycles. The zero-order chi connectivity index (χ0) is 18.0. The van der Waals surface area contributed by atoms with Crippen molar-refractivity contribution in [1.82, 2.24) is 10.2 Å². The molecule has 25 heavy (non-hydrogen) atoms. The summed E-state index contributed by atoms with van der Waals surface area (Å²) in [7, 11) is 0. The minimum absolute atomic E-state index is 0.106. The second-order valence-corrected chi connectivity index (χ2v) is 6.33. The number of amides is 3. The van der Waals surface area contributed by atoms with Crippen molar-refractivity contribution in [3.8, 4) is 0 Å².